The predicted octanol–water partition coefficient (Wildman–Crippen LogP) is 2.48. The maximum absolute atomic E-state index is 12.2. The zero-order valence-corrected chi connectivity index (χ0v) is 6.47. The maximum atomic E-state index is 12.2. The van der Waals surface area contributed by atoms with Crippen molar-refractivity contribution in [1.29, 1.82) is 0 Å². The smallest absolute Gasteiger partial charge is 0.435 e. The summed E-state index contributed by atoms with van der Waals surface area (Å²) < 4.78 is 37.4. The summed E-state index contributed by atoms with van der Waals surface area (Å²) in [5, 5.41) is 8.88. The third-order valence-electron chi connectivity index (χ3n) is 1.47. The quantitative estimate of drug-likeness (QED) is 0.700. The highest BCUT2D eigenvalue weighted by Crippen LogP contribution is 2.36. The second kappa shape index (κ2) is 4.09. The van der Waals surface area contributed by atoms with Crippen LogP contribution in [0.5, 0.6) is 5.75 Å². The number of nitrogens with zero attached hydrogens (tertiary/aromatic N) is 1. The monoisotopic (exact) mass is 205 g/mol. The summed E-state index contributed by atoms with van der Waals surface area (Å²) in [6, 6.07) is 0.958. The van der Waals surface area contributed by atoms with E-state index in [2.05, 4.69) is 5.92 Å². The number of halogens is 3. The Morgan fingerprint density at radius 1 is 1.50 bits per heavy atom. The average molecular weight is 205 g/mol. The lowest BCUT2D eigenvalue weighted by Crippen LogP contribution is -2.12. The van der Waals surface area contributed by atoms with Crippen LogP contribution in [-0.2, 0) is 12.7 Å². The minimum Gasteiger partial charge on any atom is -0.506 e. The van der Waals surface area contributed by atoms with Gasteiger partial charge in [0.1, 0.15) is 5.75 Å². The second-order valence-corrected chi connectivity index (χ2v) is 2.38. The lowest BCUT2D eigenvalue weighted by Gasteiger charge is -2.09. The molecular formula is C9H10F3NO. The van der Waals surface area contributed by atoms with E-state index in [1.807, 2.05) is 0 Å². The van der Waals surface area contributed by atoms with Gasteiger partial charge in [-0.2, -0.15) is 13.2 Å². The molecule has 1 aromatic heterocycles. The lowest BCUT2D eigenvalue weighted by atomic mass is 10.4. The highest BCUT2D eigenvalue weighted by atomic mass is 19.4. The Labute approximate surface area is 80.0 Å². The largest absolute Gasteiger partial charge is 0.506 e. The molecule has 0 saturated heterocycles. The molecule has 0 bridgehead atoms. The number of hydrogen-bond acceptors (Lipinski definition) is 1. The second-order valence-electron chi connectivity index (χ2n) is 2.38. The summed E-state index contributed by atoms with van der Waals surface area (Å²) in [5.41, 5.74) is -1.11. The Balaban J connectivity index is 0.00000169. The molecule has 0 aliphatic rings. The third-order valence-corrected chi connectivity index (χ3v) is 1.47. The summed E-state index contributed by atoms with van der Waals surface area (Å²) in [6.07, 6.45) is 1.38. The van der Waals surface area contributed by atoms with Crippen LogP contribution in [0.4, 0.5) is 13.2 Å². The number of aromatic nitrogens is 1. The summed E-state index contributed by atoms with van der Waals surface area (Å²) in [4.78, 5) is 0. The van der Waals surface area contributed by atoms with Gasteiger partial charge in [-0.05, 0) is 6.07 Å². The topological polar surface area (TPSA) is 25.2 Å². The van der Waals surface area contributed by atoms with Crippen molar-refractivity contribution in [3.8, 4) is 18.1 Å². The van der Waals surface area contributed by atoms with Crippen molar-refractivity contribution in [3.05, 3.63) is 18.0 Å². The lowest BCUT2D eigenvalue weighted by molar-refractivity contribution is -0.144. The van der Waals surface area contributed by atoms with Gasteiger partial charge in [0, 0.05) is 6.20 Å². The molecule has 1 aromatic rings. The Bertz CT molecular complexity index is 346. The summed E-state index contributed by atoms with van der Waals surface area (Å²) in [5.74, 6) is 1.26. The number of alkyl halides is 3. The van der Waals surface area contributed by atoms with Crippen LogP contribution < -0.4 is 0 Å². The average Bonchev–Trinajstić information content (AvgIpc) is 2.31. The standard InChI is InChI=1S/C8H6F3NO.CH4/c1-2-4-12-5-3-6(13)7(12)8(9,10)11;/h1,3,5,13H,4H2;1H4. The van der Waals surface area contributed by atoms with Crippen molar-refractivity contribution in [1.82, 2.24) is 4.57 Å². The maximum Gasteiger partial charge on any atom is 0.435 e. The highest BCUT2D eigenvalue weighted by Gasteiger charge is 2.37. The molecule has 0 spiro atoms. The molecule has 0 aliphatic carbocycles. The van der Waals surface area contributed by atoms with Crippen molar-refractivity contribution in [3.63, 3.8) is 0 Å². The Hall–Kier alpha value is -1.57. The molecule has 2 nitrogen and oxygen atoms in total. The summed E-state index contributed by atoms with van der Waals surface area (Å²) in [6.45, 7) is -0.213. The fraction of sp³-hybridized carbons (Fsp3) is 0.333. The van der Waals surface area contributed by atoms with Crippen LogP contribution in [0.25, 0.3) is 0 Å². The normalized spacial score (nSPS) is 10.4. The molecule has 0 amide bonds. The van der Waals surface area contributed by atoms with E-state index in [0.717, 1.165) is 16.8 Å². The van der Waals surface area contributed by atoms with Gasteiger partial charge in [-0.25, -0.2) is 0 Å². The van der Waals surface area contributed by atoms with Crippen LogP contribution in [0, 0.1) is 12.3 Å². The van der Waals surface area contributed by atoms with Crippen LogP contribution in [0.15, 0.2) is 12.3 Å². The molecule has 1 heterocycles. The van der Waals surface area contributed by atoms with Gasteiger partial charge in [-0.15, -0.1) is 6.42 Å². The van der Waals surface area contributed by atoms with Crippen LogP contribution in [0.1, 0.15) is 13.1 Å². The molecule has 14 heavy (non-hydrogen) atoms. The Kier molecular flexibility index (Phi) is 3.63. The van der Waals surface area contributed by atoms with E-state index in [-0.39, 0.29) is 14.0 Å². The molecule has 1 rings (SSSR count). The zero-order chi connectivity index (χ0) is 10.1. The Morgan fingerprint density at radius 3 is 2.50 bits per heavy atom. The van der Waals surface area contributed by atoms with Gasteiger partial charge in [-0.1, -0.05) is 13.3 Å². The molecule has 5 heteroatoms. The van der Waals surface area contributed by atoms with Crippen molar-refractivity contribution in [2.24, 2.45) is 0 Å². The van der Waals surface area contributed by atoms with Crippen molar-refractivity contribution in [2.75, 3.05) is 0 Å². The van der Waals surface area contributed by atoms with Gasteiger partial charge >= 0.3 is 6.18 Å². The first-order valence-electron chi connectivity index (χ1n) is 3.35. The van der Waals surface area contributed by atoms with Crippen LogP contribution >= 0.6 is 0 Å². The zero-order valence-electron chi connectivity index (χ0n) is 6.47. The molecule has 0 fully saturated rings. The van der Waals surface area contributed by atoms with Gasteiger partial charge < -0.3 is 9.67 Å². The van der Waals surface area contributed by atoms with Gasteiger partial charge in [0.2, 0.25) is 0 Å². The first-order valence-corrected chi connectivity index (χ1v) is 3.35. The number of rotatable bonds is 1. The van der Waals surface area contributed by atoms with Gasteiger partial charge in [-0.3, -0.25) is 0 Å². The molecule has 1 N–H and O–H groups in total. The number of hydrogen-bond donors (Lipinski definition) is 1. The molecule has 0 unspecified atom stereocenters. The Morgan fingerprint density at radius 2 is 2.07 bits per heavy atom. The number of aromatic hydroxyl groups is 1. The van der Waals surface area contributed by atoms with Gasteiger partial charge in [0.05, 0.1) is 6.54 Å². The molecule has 0 radical (unpaired) electrons. The van der Waals surface area contributed by atoms with E-state index in [1.54, 1.807) is 0 Å². The van der Waals surface area contributed by atoms with Gasteiger partial charge in [0.25, 0.3) is 0 Å². The first-order chi connectivity index (χ1) is 5.96. The molecule has 0 aliphatic heterocycles. The molecule has 0 atom stereocenters. The fourth-order valence-corrected chi connectivity index (χ4v) is 0.999. The highest BCUT2D eigenvalue weighted by molar-refractivity contribution is 5.30. The van der Waals surface area contributed by atoms with E-state index < -0.39 is 17.6 Å². The first kappa shape index (κ1) is 12.4. The minimum atomic E-state index is -4.58. The fourth-order valence-electron chi connectivity index (χ4n) is 0.999. The molecular weight excluding hydrogens is 195 g/mol. The molecule has 0 aromatic carbocycles. The van der Waals surface area contributed by atoms with E-state index in [0.29, 0.717) is 0 Å². The summed E-state index contributed by atoms with van der Waals surface area (Å²) in [7, 11) is 0. The molecule has 0 saturated carbocycles. The van der Waals surface area contributed by atoms with Crippen LogP contribution in [-0.4, -0.2) is 9.67 Å². The van der Waals surface area contributed by atoms with Crippen molar-refractivity contribution in [2.45, 2.75) is 20.1 Å². The van der Waals surface area contributed by atoms with Crippen LogP contribution in [0.2, 0.25) is 0 Å². The van der Waals surface area contributed by atoms with E-state index >= 15 is 0 Å². The van der Waals surface area contributed by atoms with E-state index in [4.69, 9.17) is 11.5 Å². The van der Waals surface area contributed by atoms with Crippen molar-refractivity contribution < 1.29 is 18.3 Å². The summed E-state index contributed by atoms with van der Waals surface area (Å²) >= 11 is 0. The van der Waals surface area contributed by atoms with E-state index in [1.165, 1.54) is 0 Å². The number of terminal acetylenes is 1. The third kappa shape index (κ3) is 2.22. The SMILES string of the molecule is C.C#CCn1ccc(O)c1C(F)(F)F. The molecule has 78 valence electrons. The van der Waals surface area contributed by atoms with Gasteiger partial charge in [0.15, 0.2) is 5.69 Å². The predicted molar refractivity (Wildman–Crippen MR) is 46.7 cm³/mol. The van der Waals surface area contributed by atoms with E-state index in [9.17, 15) is 13.2 Å². The van der Waals surface area contributed by atoms with Crippen molar-refractivity contribution >= 4 is 0 Å². The van der Waals surface area contributed by atoms with Crippen LogP contribution in [0.3, 0.4) is 0 Å². The minimum absolute atomic E-state index is 0.